The summed E-state index contributed by atoms with van der Waals surface area (Å²) < 4.78 is 1.48. The van der Waals surface area contributed by atoms with Crippen molar-refractivity contribution in [2.45, 2.75) is 26.4 Å². The maximum atomic E-state index is 12.3. The second kappa shape index (κ2) is 5.44. The minimum Gasteiger partial charge on any atom is -0.317 e. The first-order valence-electron chi connectivity index (χ1n) is 5.86. The first-order valence-corrected chi connectivity index (χ1v) is 5.86. The number of amides is 1. The molecule has 1 amide bonds. The number of imidazole rings is 1. The number of carbonyl (C=O) groups is 1. The standard InChI is InChI=1S/C13H16N4O/c1-11(2)17(9-12-4-3-5-14-8-12)13(18)16-7-6-15-10-16/h3-8,10-11H,9H2,1-2H3. The Bertz CT molecular complexity index is 493. The fourth-order valence-electron chi connectivity index (χ4n) is 1.68. The van der Waals surface area contributed by atoms with Crippen molar-refractivity contribution in [1.82, 2.24) is 19.4 Å². The van der Waals surface area contributed by atoms with Gasteiger partial charge in [-0.25, -0.2) is 9.78 Å². The zero-order valence-corrected chi connectivity index (χ0v) is 10.5. The Morgan fingerprint density at radius 1 is 1.39 bits per heavy atom. The molecular weight excluding hydrogens is 228 g/mol. The number of hydrogen-bond donors (Lipinski definition) is 0. The van der Waals surface area contributed by atoms with Crippen molar-refractivity contribution < 1.29 is 4.79 Å². The van der Waals surface area contributed by atoms with E-state index in [2.05, 4.69) is 9.97 Å². The normalized spacial score (nSPS) is 10.6. The van der Waals surface area contributed by atoms with Gasteiger partial charge in [0.05, 0.1) is 0 Å². The van der Waals surface area contributed by atoms with Gasteiger partial charge in [-0.1, -0.05) is 6.07 Å². The highest BCUT2D eigenvalue weighted by Gasteiger charge is 2.18. The molecule has 0 radical (unpaired) electrons. The van der Waals surface area contributed by atoms with Gasteiger partial charge in [-0.05, 0) is 25.5 Å². The molecule has 2 aromatic heterocycles. The largest absolute Gasteiger partial charge is 0.329 e. The summed E-state index contributed by atoms with van der Waals surface area (Å²) in [7, 11) is 0. The van der Waals surface area contributed by atoms with Crippen molar-refractivity contribution in [2.24, 2.45) is 0 Å². The van der Waals surface area contributed by atoms with Crippen molar-refractivity contribution in [3.05, 3.63) is 48.8 Å². The molecule has 94 valence electrons. The van der Waals surface area contributed by atoms with Gasteiger partial charge in [0.1, 0.15) is 6.33 Å². The van der Waals surface area contributed by atoms with Crippen LogP contribution in [0.2, 0.25) is 0 Å². The van der Waals surface area contributed by atoms with Gasteiger partial charge in [-0.3, -0.25) is 9.55 Å². The molecule has 0 spiro atoms. The van der Waals surface area contributed by atoms with Gasteiger partial charge < -0.3 is 4.90 Å². The lowest BCUT2D eigenvalue weighted by atomic mass is 10.2. The van der Waals surface area contributed by atoms with Gasteiger partial charge in [-0.2, -0.15) is 0 Å². The zero-order chi connectivity index (χ0) is 13.0. The number of aromatic nitrogens is 3. The Hall–Kier alpha value is -2.17. The molecule has 0 aliphatic heterocycles. The lowest BCUT2D eigenvalue weighted by Gasteiger charge is -2.26. The summed E-state index contributed by atoms with van der Waals surface area (Å²) in [6.07, 6.45) is 8.26. The van der Waals surface area contributed by atoms with E-state index in [-0.39, 0.29) is 12.1 Å². The Morgan fingerprint density at radius 2 is 2.22 bits per heavy atom. The van der Waals surface area contributed by atoms with E-state index in [1.54, 1.807) is 29.7 Å². The van der Waals surface area contributed by atoms with E-state index in [1.807, 2.05) is 26.0 Å². The van der Waals surface area contributed by atoms with E-state index in [4.69, 9.17) is 0 Å². The lowest BCUT2D eigenvalue weighted by Crippen LogP contribution is -2.38. The van der Waals surface area contributed by atoms with Crippen molar-refractivity contribution in [1.29, 1.82) is 0 Å². The van der Waals surface area contributed by atoms with Gasteiger partial charge in [0.2, 0.25) is 0 Å². The number of hydrogen-bond acceptors (Lipinski definition) is 3. The second-order valence-corrected chi connectivity index (χ2v) is 4.34. The molecule has 0 unspecified atom stereocenters. The summed E-state index contributed by atoms with van der Waals surface area (Å²) in [6.45, 7) is 4.53. The molecule has 2 rings (SSSR count). The number of carbonyl (C=O) groups excluding carboxylic acids is 1. The third kappa shape index (κ3) is 2.74. The Labute approximate surface area is 106 Å². The number of nitrogens with zero attached hydrogens (tertiary/aromatic N) is 4. The van der Waals surface area contributed by atoms with E-state index in [0.717, 1.165) is 5.56 Å². The average molecular weight is 244 g/mol. The van der Waals surface area contributed by atoms with E-state index in [9.17, 15) is 4.79 Å². The maximum Gasteiger partial charge on any atom is 0.329 e. The molecule has 0 aliphatic rings. The van der Waals surface area contributed by atoms with Crippen molar-refractivity contribution in [3.63, 3.8) is 0 Å². The van der Waals surface area contributed by atoms with Crippen LogP contribution in [0.15, 0.2) is 43.2 Å². The molecule has 0 N–H and O–H groups in total. The fraction of sp³-hybridized carbons (Fsp3) is 0.308. The molecule has 0 bridgehead atoms. The predicted octanol–water partition coefficient (Wildman–Crippen LogP) is 2.16. The van der Waals surface area contributed by atoms with Gasteiger partial charge >= 0.3 is 6.03 Å². The molecular formula is C13H16N4O. The highest BCUT2D eigenvalue weighted by molar-refractivity contribution is 5.76. The van der Waals surface area contributed by atoms with Crippen LogP contribution in [0.3, 0.4) is 0 Å². The predicted molar refractivity (Wildman–Crippen MR) is 67.9 cm³/mol. The van der Waals surface area contributed by atoms with Gasteiger partial charge in [0, 0.05) is 37.4 Å². The smallest absolute Gasteiger partial charge is 0.317 e. The van der Waals surface area contributed by atoms with Crippen LogP contribution < -0.4 is 0 Å². The van der Waals surface area contributed by atoms with E-state index in [1.165, 1.54) is 10.9 Å². The van der Waals surface area contributed by atoms with Crippen LogP contribution in [0.4, 0.5) is 4.79 Å². The topological polar surface area (TPSA) is 51.0 Å². The van der Waals surface area contributed by atoms with Crippen LogP contribution in [0.1, 0.15) is 19.4 Å². The van der Waals surface area contributed by atoms with Gasteiger partial charge in [-0.15, -0.1) is 0 Å². The molecule has 5 heteroatoms. The van der Waals surface area contributed by atoms with Crippen LogP contribution in [0, 0.1) is 0 Å². The first-order chi connectivity index (χ1) is 8.68. The van der Waals surface area contributed by atoms with Crippen LogP contribution in [0.5, 0.6) is 0 Å². The molecule has 0 aliphatic carbocycles. The van der Waals surface area contributed by atoms with E-state index < -0.39 is 0 Å². The lowest BCUT2D eigenvalue weighted by molar-refractivity contribution is 0.181. The molecule has 0 saturated heterocycles. The molecule has 0 saturated carbocycles. The average Bonchev–Trinajstić information content (AvgIpc) is 2.90. The minimum absolute atomic E-state index is 0.0775. The second-order valence-electron chi connectivity index (χ2n) is 4.34. The van der Waals surface area contributed by atoms with Crippen LogP contribution >= 0.6 is 0 Å². The van der Waals surface area contributed by atoms with E-state index >= 15 is 0 Å². The van der Waals surface area contributed by atoms with Crippen LogP contribution in [-0.2, 0) is 6.54 Å². The van der Waals surface area contributed by atoms with Gasteiger partial charge in [0.25, 0.3) is 0 Å². The monoisotopic (exact) mass is 244 g/mol. The summed E-state index contributed by atoms with van der Waals surface area (Å²) in [6, 6.07) is 3.87. The Morgan fingerprint density at radius 3 is 2.78 bits per heavy atom. The minimum atomic E-state index is -0.0775. The summed E-state index contributed by atoms with van der Waals surface area (Å²) in [5.41, 5.74) is 1.01. The highest BCUT2D eigenvalue weighted by atomic mass is 16.2. The van der Waals surface area contributed by atoms with Gasteiger partial charge in [0.15, 0.2) is 0 Å². The Kier molecular flexibility index (Phi) is 3.72. The third-order valence-electron chi connectivity index (χ3n) is 2.67. The molecule has 0 fully saturated rings. The SMILES string of the molecule is CC(C)N(Cc1cccnc1)C(=O)n1ccnc1. The summed E-state index contributed by atoms with van der Waals surface area (Å²) in [5.74, 6) is 0. The molecule has 0 atom stereocenters. The van der Waals surface area contributed by atoms with Crippen molar-refractivity contribution in [3.8, 4) is 0 Å². The highest BCUT2D eigenvalue weighted by Crippen LogP contribution is 2.09. The van der Waals surface area contributed by atoms with Crippen molar-refractivity contribution >= 4 is 6.03 Å². The molecule has 2 aromatic rings. The van der Waals surface area contributed by atoms with Crippen LogP contribution in [-0.4, -0.2) is 31.5 Å². The number of pyridine rings is 1. The van der Waals surface area contributed by atoms with E-state index in [0.29, 0.717) is 6.54 Å². The summed E-state index contributed by atoms with van der Waals surface area (Å²) in [4.78, 5) is 22.0. The molecule has 5 nitrogen and oxygen atoms in total. The summed E-state index contributed by atoms with van der Waals surface area (Å²) >= 11 is 0. The fourth-order valence-corrected chi connectivity index (χ4v) is 1.68. The molecule has 18 heavy (non-hydrogen) atoms. The third-order valence-corrected chi connectivity index (χ3v) is 2.67. The summed E-state index contributed by atoms with van der Waals surface area (Å²) in [5, 5.41) is 0. The quantitative estimate of drug-likeness (QED) is 0.831. The number of rotatable bonds is 3. The maximum absolute atomic E-state index is 12.3. The van der Waals surface area contributed by atoms with Crippen LogP contribution in [0.25, 0.3) is 0 Å². The first kappa shape index (κ1) is 12.3. The molecule has 0 aromatic carbocycles. The Balaban J connectivity index is 2.17. The van der Waals surface area contributed by atoms with Crippen molar-refractivity contribution in [2.75, 3.05) is 0 Å². The zero-order valence-electron chi connectivity index (χ0n) is 10.5. The molecule has 2 heterocycles.